The van der Waals surface area contributed by atoms with Crippen molar-refractivity contribution in [3.8, 4) is 5.75 Å². The van der Waals surface area contributed by atoms with Gasteiger partial charge in [-0.15, -0.1) is 0 Å². The number of carboxylic acids is 1. The van der Waals surface area contributed by atoms with Gasteiger partial charge in [0.15, 0.2) is 5.60 Å². The molecule has 7 nitrogen and oxygen atoms in total. The Kier molecular flexibility index (Phi) is 8.26. The van der Waals surface area contributed by atoms with E-state index in [-0.39, 0.29) is 23.7 Å². The number of aryl methyl sites for hydroxylation is 1. The number of fused-ring (bicyclic) bond motifs is 4. The van der Waals surface area contributed by atoms with Crippen LogP contribution in [0.1, 0.15) is 61.6 Å². The first kappa shape index (κ1) is 30.0. The number of benzene rings is 2. The largest absolute Gasteiger partial charge is 0.490 e. The Morgan fingerprint density at radius 1 is 1.16 bits per heavy atom. The predicted molar refractivity (Wildman–Crippen MR) is 169 cm³/mol. The number of carbonyl (C=O) groups is 1. The summed E-state index contributed by atoms with van der Waals surface area (Å²) in [5, 5.41) is 33.9. The molecule has 4 aliphatic rings. The molecule has 6 rings (SSSR count). The van der Waals surface area contributed by atoms with Crippen molar-refractivity contribution in [3.63, 3.8) is 0 Å². The molecule has 1 saturated carbocycles. The zero-order valence-corrected chi connectivity index (χ0v) is 25.7. The molecule has 0 amide bonds. The quantitative estimate of drug-likeness (QED) is 0.361. The molecule has 2 aromatic rings. The molecule has 2 bridgehead atoms. The number of aliphatic carboxylic acids is 1. The maximum Gasteiger partial charge on any atom is 0.340 e. The van der Waals surface area contributed by atoms with Gasteiger partial charge in [0, 0.05) is 49.2 Å². The number of aliphatic hydroxyl groups excluding tert-OH is 1. The van der Waals surface area contributed by atoms with Crippen molar-refractivity contribution < 1.29 is 24.9 Å². The van der Waals surface area contributed by atoms with Crippen LogP contribution < -0.4 is 9.64 Å². The van der Waals surface area contributed by atoms with Gasteiger partial charge >= 0.3 is 5.97 Å². The third kappa shape index (κ3) is 5.67. The summed E-state index contributed by atoms with van der Waals surface area (Å²) in [5.74, 6) is -0.186. The van der Waals surface area contributed by atoms with Gasteiger partial charge in [-0.1, -0.05) is 42.5 Å². The molecule has 0 saturated heterocycles. The van der Waals surface area contributed by atoms with Crippen LogP contribution in [0.3, 0.4) is 0 Å². The zero-order valence-electron chi connectivity index (χ0n) is 25.0. The SMILES string of the molecule is C=C1C[C@](O)(C(=O)O)c2ccc3c(c2)N(C[C@@H]2CC[C@H]2[C@@H](O)/C=C/CCCN1C)C[C@@]1(CCCc2cc(Cl)ccc21)CO3. The summed E-state index contributed by atoms with van der Waals surface area (Å²) in [4.78, 5) is 16.9. The molecule has 1 spiro atoms. The summed E-state index contributed by atoms with van der Waals surface area (Å²) >= 11 is 6.41. The fourth-order valence-corrected chi connectivity index (χ4v) is 7.83. The molecule has 0 aromatic heterocycles. The predicted octanol–water partition coefficient (Wildman–Crippen LogP) is 5.66. The Morgan fingerprint density at radius 2 is 2.00 bits per heavy atom. The fraction of sp³-hybridized carbons (Fsp3) is 0.514. The van der Waals surface area contributed by atoms with Crippen molar-refractivity contribution in [2.24, 2.45) is 11.8 Å². The highest BCUT2D eigenvalue weighted by atomic mass is 35.5. The van der Waals surface area contributed by atoms with Gasteiger partial charge in [0.2, 0.25) is 0 Å². The lowest BCUT2D eigenvalue weighted by Gasteiger charge is -2.45. The average Bonchev–Trinajstić information content (AvgIpc) is 3.11. The van der Waals surface area contributed by atoms with E-state index in [1.54, 1.807) is 6.07 Å². The van der Waals surface area contributed by atoms with Crippen molar-refractivity contribution >= 4 is 23.3 Å². The normalized spacial score (nSPS) is 32.0. The summed E-state index contributed by atoms with van der Waals surface area (Å²) in [6, 6.07) is 11.5. The monoisotopic (exact) mass is 606 g/mol. The van der Waals surface area contributed by atoms with Gasteiger partial charge in [-0.3, -0.25) is 0 Å². The summed E-state index contributed by atoms with van der Waals surface area (Å²) in [6.45, 7) is 6.69. The second-order valence-electron chi connectivity index (χ2n) is 13.2. The molecule has 230 valence electrons. The average molecular weight is 607 g/mol. The van der Waals surface area contributed by atoms with Crippen LogP contribution in [-0.2, 0) is 22.2 Å². The third-order valence-corrected chi connectivity index (χ3v) is 10.7. The number of allylic oxidation sites excluding steroid dienone is 1. The maximum atomic E-state index is 12.7. The molecule has 0 unspecified atom stereocenters. The Morgan fingerprint density at radius 3 is 2.77 bits per heavy atom. The number of aliphatic hydroxyl groups is 2. The third-order valence-electron chi connectivity index (χ3n) is 10.4. The van der Waals surface area contributed by atoms with Crippen molar-refractivity contribution in [2.45, 2.75) is 68.5 Å². The summed E-state index contributed by atoms with van der Waals surface area (Å²) in [7, 11) is 1.87. The van der Waals surface area contributed by atoms with Gasteiger partial charge in [-0.2, -0.15) is 0 Å². The maximum absolute atomic E-state index is 12.7. The minimum absolute atomic E-state index is 0.129. The summed E-state index contributed by atoms with van der Waals surface area (Å²) in [5.41, 5.74) is 1.74. The Balaban J connectivity index is 1.45. The lowest BCUT2D eigenvalue weighted by atomic mass is 9.68. The van der Waals surface area contributed by atoms with Gasteiger partial charge in [-0.05, 0) is 97.7 Å². The molecule has 0 radical (unpaired) electrons. The van der Waals surface area contributed by atoms with E-state index in [0.717, 1.165) is 55.7 Å². The molecular weight excluding hydrogens is 564 g/mol. The van der Waals surface area contributed by atoms with Crippen LogP contribution in [0.2, 0.25) is 5.02 Å². The first-order valence-electron chi connectivity index (χ1n) is 15.6. The fourth-order valence-electron chi connectivity index (χ4n) is 7.64. The lowest BCUT2D eigenvalue weighted by Crippen LogP contribution is -2.49. The lowest BCUT2D eigenvalue weighted by molar-refractivity contribution is -0.160. The second kappa shape index (κ2) is 11.8. The molecule has 2 aromatic carbocycles. The topological polar surface area (TPSA) is 93.5 Å². The number of rotatable bonds is 1. The molecule has 8 heteroatoms. The number of carboxylic acid groups (broad SMARTS) is 1. The zero-order chi connectivity index (χ0) is 30.4. The van der Waals surface area contributed by atoms with Crippen LogP contribution >= 0.6 is 11.6 Å². The standard InChI is InChI=1S/C35H43ClN2O5/c1-23-19-35(42,33(40)41)26-10-14-32-30(18-26)38(20-25-9-12-28(25)31(39)8-4-3-5-16-37(23)2)21-34(22-43-32)15-6-7-24-17-27(36)11-13-29(24)34/h4,8,10-11,13-14,17-18,25,28,31,39,42H,1,3,5-7,9,12,15-16,19-22H2,2H3,(H,40,41)/b8-4+/t25-,28+,31-,34-,35+/m0/s1. The number of anilines is 1. The summed E-state index contributed by atoms with van der Waals surface area (Å²) < 4.78 is 6.59. The Hall–Kier alpha value is -3.00. The van der Waals surface area contributed by atoms with Gasteiger partial charge in [0.25, 0.3) is 0 Å². The molecule has 3 N–H and O–H groups in total. The number of nitrogens with zero attached hydrogens (tertiary/aromatic N) is 2. The van der Waals surface area contributed by atoms with E-state index < -0.39 is 17.7 Å². The highest BCUT2D eigenvalue weighted by Crippen LogP contribution is 2.47. The van der Waals surface area contributed by atoms with E-state index >= 15 is 0 Å². The van der Waals surface area contributed by atoms with E-state index in [1.165, 1.54) is 11.1 Å². The first-order valence-corrected chi connectivity index (χ1v) is 16.0. The van der Waals surface area contributed by atoms with E-state index in [2.05, 4.69) is 29.7 Å². The van der Waals surface area contributed by atoms with E-state index in [1.807, 2.05) is 36.2 Å². The van der Waals surface area contributed by atoms with E-state index in [4.69, 9.17) is 16.3 Å². The molecule has 2 heterocycles. The van der Waals surface area contributed by atoms with Gasteiger partial charge in [0.05, 0.1) is 18.4 Å². The van der Waals surface area contributed by atoms with Crippen LogP contribution in [0.15, 0.2) is 60.8 Å². The Bertz CT molecular complexity index is 1430. The van der Waals surface area contributed by atoms with Crippen molar-refractivity contribution in [1.29, 1.82) is 0 Å². The number of hydrogen-bond acceptors (Lipinski definition) is 6. The second-order valence-corrected chi connectivity index (χ2v) is 13.6. The van der Waals surface area contributed by atoms with Crippen molar-refractivity contribution in [2.75, 3.05) is 38.2 Å². The van der Waals surface area contributed by atoms with E-state index in [0.29, 0.717) is 43.3 Å². The molecule has 1 fully saturated rings. The van der Waals surface area contributed by atoms with Gasteiger partial charge < -0.3 is 29.9 Å². The smallest absolute Gasteiger partial charge is 0.340 e. The van der Waals surface area contributed by atoms with Crippen molar-refractivity contribution in [1.82, 2.24) is 4.90 Å². The Labute approximate surface area is 259 Å². The van der Waals surface area contributed by atoms with Crippen LogP contribution in [0, 0.1) is 11.8 Å². The minimum atomic E-state index is -2.15. The number of hydrogen-bond donors (Lipinski definition) is 3. The molecule has 2 aliphatic heterocycles. The first-order chi connectivity index (χ1) is 20.6. The van der Waals surface area contributed by atoms with Crippen LogP contribution in [0.5, 0.6) is 5.75 Å². The molecule has 5 atom stereocenters. The van der Waals surface area contributed by atoms with Crippen LogP contribution in [0.25, 0.3) is 0 Å². The van der Waals surface area contributed by atoms with Crippen LogP contribution in [-0.4, -0.2) is 65.6 Å². The minimum Gasteiger partial charge on any atom is -0.490 e. The van der Waals surface area contributed by atoms with Crippen molar-refractivity contribution in [3.05, 3.63) is 82.5 Å². The van der Waals surface area contributed by atoms with E-state index in [9.17, 15) is 20.1 Å². The van der Waals surface area contributed by atoms with Gasteiger partial charge in [0.1, 0.15) is 5.75 Å². The molecule has 43 heavy (non-hydrogen) atoms. The highest BCUT2D eigenvalue weighted by Gasteiger charge is 2.45. The summed E-state index contributed by atoms with van der Waals surface area (Å²) in [6.07, 6.45) is 9.96. The van der Waals surface area contributed by atoms with Gasteiger partial charge in [-0.25, -0.2) is 4.79 Å². The molecular formula is C35H43ClN2O5. The van der Waals surface area contributed by atoms with Crippen LogP contribution in [0.4, 0.5) is 5.69 Å². The number of ether oxygens (including phenoxy) is 1. The highest BCUT2D eigenvalue weighted by molar-refractivity contribution is 6.30. The number of halogens is 1. The molecule has 2 aliphatic carbocycles.